The van der Waals surface area contributed by atoms with Gasteiger partial charge in [-0.2, -0.15) is 0 Å². The highest BCUT2D eigenvalue weighted by Crippen LogP contribution is 2.24. The summed E-state index contributed by atoms with van der Waals surface area (Å²) in [4.78, 5) is 38.1. The summed E-state index contributed by atoms with van der Waals surface area (Å²) < 4.78 is 0. The number of nitrogens with zero attached hydrogens (tertiary/aromatic N) is 1. The van der Waals surface area contributed by atoms with E-state index in [0.717, 1.165) is 4.90 Å². The van der Waals surface area contributed by atoms with Crippen LogP contribution >= 0.6 is 11.6 Å². The molecule has 7 heteroatoms. The number of halogens is 1. The van der Waals surface area contributed by atoms with Crippen molar-refractivity contribution < 1.29 is 19.5 Å². The molecule has 0 radical (unpaired) electrons. The van der Waals surface area contributed by atoms with Gasteiger partial charge in [0.1, 0.15) is 6.04 Å². The second-order valence-electron chi connectivity index (χ2n) is 6.01. The Morgan fingerprint density at radius 1 is 1.08 bits per heavy atom. The molecule has 3 rings (SSSR count). The topological polar surface area (TPSA) is 86.7 Å². The standard InChI is InChI=1S/C19H17ClN2O4/c1-11(22-18(25)14-4-2-3-5-15(14)19(22)26)17(24)21-10-16(23)12-6-8-13(20)9-7-12/h2-9,11,16,23H,10H2,1H3,(H,21,24)/t11-,16?/m0/s1. The van der Waals surface area contributed by atoms with Gasteiger partial charge in [0.25, 0.3) is 11.8 Å². The average molecular weight is 373 g/mol. The van der Waals surface area contributed by atoms with Crippen molar-refractivity contribution in [2.24, 2.45) is 0 Å². The first-order chi connectivity index (χ1) is 12.4. The van der Waals surface area contributed by atoms with Crippen LogP contribution in [0.4, 0.5) is 0 Å². The number of hydrogen-bond donors (Lipinski definition) is 2. The summed E-state index contributed by atoms with van der Waals surface area (Å²) in [6.45, 7) is 1.43. The largest absolute Gasteiger partial charge is 0.387 e. The number of fused-ring (bicyclic) bond motifs is 1. The summed E-state index contributed by atoms with van der Waals surface area (Å²) in [5, 5.41) is 13.3. The lowest BCUT2D eigenvalue weighted by Gasteiger charge is -2.22. The fourth-order valence-electron chi connectivity index (χ4n) is 2.82. The first kappa shape index (κ1) is 18.1. The van der Waals surface area contributed by atoms with Crippen molar-refractivity contribution in [2.45, 2.75) is 19.1 Å². The second kappa shape index (κ2) is 7.27. The van der Waals surface area contributed by atoms with Crippen LogP contribution in [0.15, 0.2) is 48.5 Å². The average Bonchev–Trinajstić information content (AvgIpc) is 2.90. The minimum Gasteiger partial charge on any atom is -0.387 e. The van der Waals surface area contributed by atoms with E-state index < -0.39 is 29.9 Å². The number of imide groups is 1. The molecule has 26 heavy (non-hydrogen) atoms. The fourth-order valence-corrected chi connectivity index (χ4v) is 2.95. The van der Waals surface area contributed by atoms with E-state index in [1.54, 1.807) is 48.5 Å². The molecule has 2 aromatic carbocycles. The van der Waals surface area contributed by atoms with Crippen LogP contribution < -0.4 is 5.32 Å². The van der Waals surface area contributed by atoms with Gasteiger partial charge in [0.05, 0.1) is 17.2 Å². The Labute approximate surface area is 155 Å². The Morgan fingerprint density at radius 2 is 1.62 bits per heavy atom. The predicted octanol–water partition coefficient (Wildman–Crippen LogP) is 2.17. The maximum atomic E-state index is 12.4. The van der Waals surface area contributed by atoms with Crippen LogP contribution in [0.1, 0.15) is 39.3 Å². The zero-order valence-electron chi connectivity index (χ0n) is 14.0. The summed E-state index contributed by atoms with van der Waals surface area (Å²) >= 11 is 5.80. The van der Waals surface area contributed by atoms with Crippen LogP contribution in [0.25, 0.3) is 0 Å². The molecule has 1 aliphatic heterocycles. The fraction of sp³-hybridized carbons (Fsp3) is 0.211. The monoisotopic (exact) mass is 372 g/mol. The second-order valence-corrected chi connectivity index (χ2v) is 6.45. The Kier molecular flexibility index (Phi) is 5.06. The smallest absolute Gasteiger partial charge is 0.262 e. The van der Waals surface area contributed by atoms with Crippen molar-refractivity contribution in [2.75, 3.05) is 6.54 Å². The normalized spacial score (nSPS) is 15.6. The number of carbonyl (C=O) groups is 3. The minimum atomic E-state index is -0.986. The molecule has 2 N–H and O–H groups in total. The van der Waals surface area contributed by atoms with Gasteiger partial charge in [-0.3, -0.25) is 19.3 Å². The Bertz CT molecular complexity index is 831. The van der Waals surface area contributed by atoms with Crippen molar-refractivity contribution in [3.63, 3.8) is 0 Å². The molecule has 0 bridgehead atoms. The number of rotatable bonds is 5. The molecule has 0 fully saturated rings. The minimum absolute atomic E-state index is 0.0476. The van der Waals surface area contributed by atoms with Gasteiger partial charge in [0.15, 0.2) is 0 Å². The van der Waals surface area contributed by atoms with E-state index in [1.807, 2.05) is 0 Å². The number of amides is 3. The third-order valence-corrected chi connectivity index (χ3v) is 4.57. The maximum Gasteiger partial charge on any atom is 0.262 e. The molecule has 0 saturated carbocycles. The molecule has 2 atom stereocenters. The van der Waals surface area contributed by atoms with Crippen LogP contribution in [-0.2, 0) is 4.79 Å². The van der Waals surface area contributed by atoms with Gasteiger partial charge in [-0.1, -0.05) is 35.9 Å². The highest BCUT2D eigenvalue weighted by atomic mass is 35.5. The third-order valence-electron chi connectivity index (χ3n) is 4.32. The summed E-state index contributed by atoms with van der Waals surface area (Å²) in [7, 11) is 0. The van der Waals surface area contributed by atoms with E-state index in [9.17, 15) is 19.5 Å². The zero-order chi connectivity index (χ0) is 18.8. The molecule has 0 aliphatic carbocycles. The summed E-state index contributed by atoms with van der Waals surface area (Å²) in [5.41, 5.74) is 1.18. The van der Waals surface area contributed by atoms with Crippen molar-refractivity contribution in [3.05, 3.63) is 70.2 Å². The lowest BCUT2D eigenvalue weighted by Crippen LogP contribution is -2.48. The molecule has 2 aromatic rings. The number of aliphatic hydroxyl groups excluding tert-OH is 1. The highest BCUT2D eigenvalue weighted by molar-refractivity contribution is 6.30. The van der Waals surface area contributed by atoms with Gasteiger partial charge >= 0.3 is 0 Å². The number of carbonyl (C=O) groups excluding carboxylic acids is 3. The summed E-state index contributed by atoms with van der Waals surface area (Å²) in [5.74, 6) is -1.51. The highest BCUT2D eigenvalue weighted by Gasteiger charge is 2.40. The number of aliphatic hydroxyl groups is 1. The van der Waals surface area contributed by atoms with Gasteiger partial charge in [-0.05, 0) is 36.8 Å². The molecule has 1 heterocycles. The van der Waals surface area contributed by atoms with Gasteiger partial charge in [-0.15, -0.1) is 0 Å². The molecule has 1 unspecified atom stereocenters. The van der Waals surface area contributed by atoms with Gasteiger partial charge in [-0.25, -0.2) is 0 Å². The lowest BCUT2D eigenvalue weighted by molar-refractivity contribution is -0.125. The van der Waals surface area contributed by atoms with Crippen LogP contribution in [-0.4, -0.2) is 40.3 Å². The molecular weight excluding hydrogens is 356 g/mol. The number of nitrogens with one attached hydrogen (secondary N) is 1. The molecule has 3 amide bonds. The summed E-state index contributed by atoms with van der Waals surface area (Å²) in [6.07, 6.45) is -0.925. The molecule has 134 valence electrons. The first-order valence-corrected chi connectivity index (χ1v) is 8.46. The van der Waals surface area contributed by atoms with E-state index >= 15 is 0 Å². The maximum absolute atomic E-state index is 12.4. The van der Waals surface area contributed by atoms with E-state index in [2.05, 4.69) is 5.32 Å². The summed E-state index contributed by atoms with van der Waals surface area (Å²) in [6, 6.07) is 12.1. The predicted molar refractivity (Wildman–Crippen MR) is 95.8 cm³/mol. The third kappa shape index (κ3) is 3.34. The first-order valence-electron chi connectivity index (χ1n) is 8.08. The van der Waals surface area contributed by atoms with Gasteiger partial charge < -0.3 is 10.4 Å². The molecule has 1 aliphatic rings. The quantitative estimate of drug-likeness (QED) is 0.787. The molecular formula is C19H17ClN2O4. The SMILES string of the molecule is C[C@@H](C(=O)NCC(O)c1ccc(Cl)cc1)N1C(=O)c2ccccc2C1=O. The Morgan fingerprint density at radius 3 is 2.15 bits per heavy atom. The van der Waals surface area contributed by atoms with E-state index in [4.69, 9.17) is 11.6 Å². The van der Waals surface area contributed by atoms with E-state index in [1.165, 1.54) is 6.92 Å². The number of hydrogen-bond acceptors (Lipinski definition) is 4. The van der Waals surface area contributed by atoms with E-state index in [0.29, 0.717) is 21.7 Å². The van der Waals surface area contributed by atoms with Crippen LogP contribution in [0.2, 0.25) is 5.02 Å². The number of benzene rings is 2. The van der Waals surface area contributed by atoms with Crippen LogP contribution in [0, 0.1) is 0 Å². The van der Waals surface area contributed by atoms with E-state index in [-0.39, 0.29) is 6.54 Å². The van der Waals surface area contributed by atoms with Crippen molar-refractivity contribution in [1.29, 1.82) is 0 Å². The van der Waals surface area contributed by atoms with Crippen LogP contribution in [0.5, 0.6) is 0 Å². The Balaban J connectivity index is 1.64. The lowest BCUT2D eigenvalue weighted by atomic mass is 10.1. The van der Waals surface area contributed by atoms with Crippen molar-refractivity contribution >= 4 is 29.3 Å². The molecule has 0 spiro atoms. The van der Waals surface area contributed by atoms with Crippen LogP contribution in [0.3, 0.4) is 0 Å². The van der Waals surface area contributed by atoms with Crippen molar-refractivity contribution in [1.82, 2.24) is 10.2 Å². The Hall–Kier alpha value is -2.70. The van der Waals surface area contributed by atoms with Gasteiger partial charge in [0.2, 0.25) is 5.91 Å². The molecule has 6 nitrogen and oxygen atoms in total. The zero-order valence-corrected chi connectivity index (χ0v) is 14.7. The molecule has 0 aromatic heterocycles. The van der Waals surface area contributed by atoms with Gasteiger partial charge in [0, 0.05) is 11.6 Å². The molecule has 0 saturated heterocycles. The van der Waals surface area contributed by atoms with Crippen molar-refractivity contribution in [3.8, 4) is 0 Å².